The topological polar surface area (TPSA) is 70.7 Å². The maximum absolute atomic E-state index is 12.0. The minimum atomic E-state index is -0.148. The number of halogens is 1. The lowest BCUT2D eigenvalue weighted by molar-refractivity contribution is -0.130. The predicted molar refractivity (Wildman–Crippen MR) is 94.5 cm³/mol. The normalized spacial score (nSPS) is 16.7. The molecule has 1 heterocycles. The highest BCUT2D eigenvalue weighted by Crippen LogP contribution is 2.28. The van der Waals surface area contributed by atoms with Crippen LogP contribution in [0.25, 0.3) is 0 Å². The van der Waals surface area contributed by atoms with E-state index in [0.717, 1.165) is 25.9 Å². The third kappa shape index (κ3) is 5.69. The Kier molecular flexibility index (Phi) is 6.87. The highest BCUT2D eigenvalue weighted by Gasteiger charge is 2.16. The van der Waals surface area contributed by atoms with Crippen molar-refractivity contribution in [1.82, 2.24) is 10.2 Å². The van der Waals surface area contributed by atoms with Crippen molar-refractivity contribution in [2.75, 3.05) is 39.1 Å². The van der Waals surface area contributed by atoms with Crippen LogP contribution in [0, 0.1) is 5.92 Å². The summed E-state index contributed by atoms with van der Waals surface area (Å²) in [6.45, 7) is 1.96. The molecule has 2 rings (SSSR count). The molecule has 1 aromatic carbocycles. The van der Waals surface area contributed by atoms with E-state index in [1.54, 1.807) is 32.3 Å². The number of likely N-dealkylation sites (N-methyl/N-ethyl adjacent to an activating group) is 1. The summed E-state index contributed by atoms with van der Waals surface area (Å²) in [7, 11) is 3.32. The van der Waals surface area contributed by atoms with E-state index >= 15 is 0 Å². The molecule has 0 spiro atoms. The van der Waals surface area contributed by atoms with Gasteiger partial charge >= 0.3 is 0 Å². The number of hydrogen-bond acceptors (Lipinski definition) is 4. The lowest BCUT2D eigenvalue weighted by Crippen LogP contribution is -2.27. The molecule has 2 amide bonds. The van der Waals surface area contributed by atoms with Crippen LogP contribution in [0.4, 0.5) is 5.69 Å². The Hall–Kier alpha value is -1.79. The number of rotatable bonds is 7. The zero-order valence-corrected chi connectivity index (χ0v) is 14.9. The number of nitrogens with zero attached hydrogens (tertiary/aromatic N) is 1. The molecule has 0 aliphatic carbocycles. The van der Waals surface area contributed by atoms with Gasteiger partial charge in [0.1, 0.15) is 5.75 Å². The Balaban J connectivity index is 1.82. The molecule has 1 aromatic rings. The molecule has 1 fully saturated rings. The third-order valence-electron chi connectivity index (χ3n) is 4.01. The van der Waals surface area contributed by atoms with Gasteiger partial charge in [-0.1, -0.05) is 11.6 Å². The minimum absolute atomic E-state index is 0.0191. The maximum Gasteiger partial charge on any atom is 0.259 e. The second kappa shape index (κ2) is 8.89. The lowest BCUT2D eigenvalue weighted by Gasteiger charge is -2.13. The van der Waals surface area contributed by atoms with Crippen LogP contribution < -0.4 is 15.4 Å². The smallest absolute Gasteiger partial charge is 0.259 e. The number of benzene rings is 1. The van der Waals surface area contributed by atoms with E-state index in [2.05, 4.69) is 10.6 Å². The summed E-state index contributed by atoms with van der Waals surface area (Å²) in [6.07, 6.45) is 2.52. The van der Waals surface area contributed by atoms with Gasteiger partial charge < -0.3 is 20.3 Å². The number of ether oxygens (including phenoxy) is 1. The SMILES string of the molecule is CN(C)C(=O)COc1ccc(NC(=O)CCC2CCNC2)cc1Cl. The van der Waals surface area contributed by atoms with Gasteiger partial charge in [-0.15, -0.1) is 0 Å². The summed E-state index contributed by atoms with van der Waals surface area (Å²) in [5, 5.41) is 6.50. The first-order chi connectivity index (χ1) is 11.5. The summed E-state index contributed by atoms with van der Waals surface area (Å²) >= 11 is 6.15. The molecular weight excluding hydrogens is 330 g/mol. The Bertz CT molecular complexity index is 586. The Labute approximate surface area is 147 Å². The van der Waals surface area contributed by atoms with Gasteiger partial charge in [-0.3, -0.25) is 9.59 Å². The molecule has 1 atom stereocenters. The Morgan fingerprint density at radius 1 is 1.42 bits per heavy atom. The van der Waals surface area contributed by atoms with Crippen molar-refractivity contribution in [3.05, 3.63) is 23.2 Å². The minimum Gasteiger partial charge on any atom is -0.482 e. The van der Waals surface area contributed by atoms with Crippen LogP contribution in [-0.2, 0) is 9.59 Å². The maximum atomic E-state index is 12.0. The molecule has 0 bridgehead atoms. The Morgan fingerprint density at radius 3 is 2.83 bits per heavy atom. The molecule has 0 saturated carbocycles. The first kappa shape index (κ1) is 18.5. The molecule has 1 aliphatic rings. The summed E-state index contributed by atoms with van der Waals surface area (Å²) < 4.78 is 5.39. The lowest BCUT2D eigenvalue weighted by atomic mass is 10.0. The first-order valence-electron chi connectivity index (χ1n) is 8.09. The van der Waals surface area contributed by atoms with E-state index in [4.69, 9.17) is 16.3 Å². The summed E-state index contributed by atoms with van der Waals surface area (Å²) in [5.41, 5.74) is 0.626. The van der Waals surface area contributed by atoms with Gasteiger partial charge in [-0.2, -0.15) is 0 Å². The van der Waals surface area contributed by atoms with Crippen molar-refractivity contribution in [2.24, 2.45) is 5.92 Å². The van der Waals surface area contributed by atoms with Gasteiger partial charge in [0.15, 0.2) is 6.61 Å². The van der Waals surface area contributed by atoms with Crippen LogP contribution in [0.3, 0.4) is 0 Å². The fourth-order valence-electron chi connectivity index (χ4n) is 2.48. The van der Waals surface area contributed by atoms with E-state index in [9.17, 15) is 9.59 Å². The van der Waals surface area contributed by atoms with Crippen molar-refractivity contribution < 1.29 is 14.3 Å². The quantitative estimate of drug-likeness (QED) is 0.787. The number of carbonyl (C=O) groups is 2. The largest absolute Gasteiger partial charge is 0.482 e. The van der Waals surface area contributed by atoms with Crippen LogP contribution in [0.2, 0.25) is 5.02 Å². The standard InChI is InChI=1S/C17H24ClN3O3/c1-21(2)17(23)11-24-15-5-4-13(9-14(15)18)20-16(22)6-3-12-7-8-19-10-12/h4-5,9,12,19H,3,6-8,10-11H2,1-2H3,(H,20,22). The average molecular weight is 354 g/mol. The second-order valence-electron chi connectivity index (χ2n) is 6.17. The zero-order chi connectivity index (χ0) is 17.5. The van der Waals surface area contributed by atoms with E-state index in [-0.39, 0.29) is 18.4 Å². The average Bonchev–Trinajstić information content (AvgIpc) is 3.05. The molecular formula is C17H24ClN3O3. The molecule has 1 unspecified atom stereocenters. The van der Waals surface area contributed by atoms with Crippen LogP contribution in [0.5, 0.6) is 5.75 Å². The van der Waals surface area contributed by atoms with Gasteiger partial charge in [-0.05, 0) is 50.0 Å². The van der Waals surface area contributed by atoms with E-state index in [1.807, 2.05) is 0 Å². The fraction of sp³-hybridized carbons (Fsp3) is 0.529. The van der Waals surface area contributed by atoms with Gasteiger partial charge in [0.2, 0.25) is 5.91 Å². The molecule has 24 heavy (non-hydrogen) atoms. The van der Waals surface area contributed by atoms with Gasteiger partial charge in [0, 0.05) is 26.2 Å². The number of carbonyl (C=O) groups excluding carboxylic acids is 2. The summed E-state index contributed by atoms with van der Waals surface area (Å²) in [5.74, 6) is 0.838. The number of nitrogens with one attached hydrogen (secondary N) is 2. The molecule has 0 radical (unpaired) electrons. The predicted octanol–water partition coefficient (Wildman–Crippen LogP) is 2.14. The monoisotopic (exact) mass is 353 g/mol. The summed E-state index contributed by atoms with van der Waals surface area (Å²) in [4.78, 5) is 25.0. The van der Waals surface area contributed by atoms with Gasteiger partial charge in [0.25, 0.3) is 5.91 Å². The zero-order valence-electron chi connectivity index (χ0n) is 14.1. The molecule has 1 aliphatic heterocycles. The van der Waals surface area contributed by atoms with Crippen LogP contribution in [-0.4, -0.2) is 50.5 Å². The van der Waals surface area contributed by atoms with E-state index < -0.39 is 0 Å². The fourth-order valence-corrected chi connectivity index (χ4v) is 2.72. The number of anilines is 1. The van der Waals surface area contributed by atoms with Crippen LogP contribution in [0.15, 0.2) is 18.2 Å². The van der Waals surface area contributed by atoms with Gasteiger partial charge in [-0.25, -0.2) is 0 Å². The third-order valence-corrected chi connectivity index (χ3v) is 4.30. The number of hydrogen-bond donors (Lipinski definition) is 2. The molecule has 0 aromatic heterocycles. The molecule has 7 heteroatoms. The Morgan fingerprint density at radius 2 is 2.21 bits per heavy atom. The molecule has 1 saturated heterocycles. The first-order valence-corrected chi connectivity index (χ1v) is 8.46. The number of amides is 2. The van der Waals surface area contributed by atoms with Gasteiger partial charge in [0.05, 0.1) is 5.02 Å². The molecule has 132 valence electrons. The van der Waals surface area contributed by atoms with Crippen molar-refractivity contribution in [3.8, 4) is 5.75 Å². The van der Waals surface area contributed by atoms with Crippen LogP contribution in [0.1, 0.15) is 19.3 Å². The van der Waals surface area contributed by atoms with E-state index in [1.165, 1.54) is 4.90 Å². The molecule has 2 N–H and O–H groups in total. The van der Waals surface area contributed by atoms with Crippen molar-refractivity contribution in [2.45, 2.75) is 19.3 Å². The van der Waals surface area contributed by atoms with Crippen LogP contribution >= 0.6 is 11.6 Å². The highest BCUT2D eigenvalue weighted by molar-refractivity contribution is 6.32. The van der Waals surface area contributed by atoms with Crippen molar-refractivity contribution in [3.63, 3.8) is 0 Å². The second-order valence-corrected chi connectivity index (χ2v) is 6.57. The summed E-state index contributed by atoms with van der Waals surface area (Å²) in [6, 6.07) is 5.00. The van der Waals surface area contributed by atoms with Crippen molar-refractivity contribution >= 4 is 29.1 Å². The molecule has 6 nitrogen and oxygen atoms in total. The highest BCUT2D eigenvalue weighted by atomic mass is 35.5. The van der Waals surface area contributed by atoms with E-state index in [0.29, 0.717) is 28.8 Å². The van der Waals surface area contributed by atoms with Crippen molar-refractivity contribution in [1.29, 1.82) is 0 Å².